The van der Waals surface area contributed by atoms with Crippen LogP contribution < -0.4 is 0 Å². The van der Waals surface area contributed by atoms with Gasteiger partial charge in [0.05, 0.1) is 10.0 Å². The summed E-state index contributed by atoms with van der Waals surface area (Å²) < 4.78 is 1.39. The van der Waals surface area contributed by atoms with E-state index >= 15 is 0 Å². The lowest BCUT2D eigenvalue weighted by Crippen LogP contribution is -1.82. The molecular weight excluding hydrogens is 252 g/mol. The summed E-state index contributed by atoms with van der Waals surface area (Å²) in [4.78, 5) is 10.7. The van der Waals surface area contributed by atoms with E-state index < -0.39 is 0 Å². The minimum atomic E-state index is 0.0185. The number of aromatic hydroxyl groups is 1. The van der Waals surface area contributed by atoms with Gasteiger partial charge in [-0.15, -0.1) is 11.3 Å². The number of benzene rings is 1. The van der Waals surface area contributed by atoms with Crippen LogP contribution in [-0.4, -0.2) is 11.4 Å². The first kappa shape index (κ1) is 8.72. The van der Waals surface area contributed by atoms with Gasteiger partial charge in [0.1, 0.15) is 5.75 Å². The summed E-state index contributed by atoms with van der Waals surface area (Å²) >= 11 is 4.64. The molecule has 1 N–H and O–H groups in total. The van der Waals surface area contributed by atoms with Crippen LogP contribution in [0.4, 0.5) is 0 Å². The van der Waals surface area contributed by atoms with Crippen molar-refractivity contribution < 1.29 is 9.90 Å². The average molecular weight is 257 g/mol. The fourth-order valence-electron chi connectivity index (χ4n) is 1.20. The summed E-state index contributed by atoms with van der Waals surface area (Å²) in [5.41, 5.74) is 0.361. The number of hydrogen-bond donors (Lipinski definition) is 1. The fraction of sp³-hybridized carbons (Fsp3) is 0. The summed E-state index contributed by atoms with van der Waals surface area (Å²) in [6, 6.07) is 3.71. The van der Waals surface area contributed by atoms with Gasteiger partial charge in [-0.3, -0.25) is 4.79 Å². The molecule has 1 aromatic carbocycles. The highest BCUT2D eigenvalue weighted by atomic mass is 79.9. The number of carbonyl (C=O) groups excluding carboxylic acids is 1. The highest BCUT2D eigenvalue weighted by Gasteiger charge is 2.10. The average Bonchev–Trinajstić information content (AvgIpc) is 2.54. The molecular formula is C9H5BrO2S. The van der Waals surface area contributed by atoms with Gasteiger partial charge in [0, 0.05) is 4.70 Å². The van der Waals surface area contributed by atoms with Crippen LogP contribution in [0.1, 0.15) is 10.4 Å². The van der Waals surface area contributed by atoms with E-state index in [2.05, 4.69) is 15.9 Å². The Morgan fingerprint density at radius 3 is 3.00 bits per heavy atom. The Labute approximate surface area is 86.9 Å². The molecule has 0 saturated carbocycles. The van der Waals surface area contributed by atoms with Crippen LogP contribution in [-0.2, 0) is 0 Å². The van der Waals surface area contributed by atoms with E-state index in [1.165, 1.54) is 11.3 Å². The topological polar surface area (TPSA) is 37.3 Å². The van der Waals surface area contributed by atoms with Gasteiger partial charge in [-0.1, -0.05) is 0 Å². The van der Waals surface area contributed by atoms with Crippen molar-refractivity contribution in [3.05, 3.63) is 27.5 Å². The third kappa shape index (κ3) is 1.26. The predicted octanol–water partition coefficient (Wildman–Crippen LogP) is 3.18. The number of carbonyl (C=O) groups is 1. The molecule has 2 aromatic rings. The molecule has 66 valence electrons. The number of aldehydes is 1. The Bertz CT molecular complexity index is 476. The predicted molar refractivity (Wildman–Crippen MR) is 56.6 cm³/mol. The number of phenolic OH excluding ortho intramolecular Hbond substituents is 1. The zero-order valence-electron chi connectivity index (χ0n) is 6.45. The van der Waals surface area contributed by atoms with Crippen molar-refractivity contribution in [1.29, 1.82) is 0 Å². The monoisotopic (exact) mass is 256 g/mol. The second-order valence-corrected chi connectivity index (χ2v) is 4.35. The Kier molecular flexibility index (Phi) is 2.09. The van der Waals surface area contributed by atoms with E-state index in [4.69, 9.17) is 0 Å². The van der Waals surface area contributed by atoms with Crippen molar-refractivity contribution >= 4 is 43.6 Å². The van der Waals surface area contributed by atoms with Gasteiger partial charge in [-0.2, -0.15) is 0 Å². The highest BCUT2D eigenvalue weighted by molar-refractivity contribution is 9.10. The highest BCUT2D eigenvalue weighted by Crippen LogP contribution is 2.36. The summed E-state index contributed by atoms with van der Waals surface area (Å²) in [5, 5.41) is 12.4. The van der Waals surface area contributed by atoms with Crippen LogP contribution in [0.5, 0.6) is 5.75 Å². The fourth-order valence-corrected chi connectivity index (χ4v) is 2.55. The maximum absolute atomic E-state index is 10.7. The van der Waals surface area contributed by atoms with Crippen molar-refractivity contribution in [2.45, 2.75) is 0 Å². The normalized spacial score (nSPS) is 10.5. The van der Waals surface area contributed by atoms with Gasteiger partial charge in [-0.05, 0) is 38.8 Å². The molecule has 2 nitrogen and oxygen atoms in total. The van der Waals surface area contributed by atoms with Crippen molar-refractivity contribution in [1.82, 2.24) is 0 Å². The SMILES string of the molecule is O=Cc1c(O)c(Br)cc2ccsc12. The molecule has 0 spiro atoms. The third-order valence-electron chi connectivity index (χ3n) is 1.82. The second kappa shape index (κ2) is 3.12. The van der Waals surface area contributed by atoms with Gasteiger partial charge >= 0.3 is 0 Å². The number of hydrogen-bond acceptors (Lipinski definition) is 3. The number of thiophene rings is 1. The number of halogens is 1. The van der Waals surface area contributed by atoms with E-state index in [1.807, 2.05) is 11.4 Å². The smallest absolute Gasteiger partial charge is 0.155 e. The van der Waals surface area contributed by atoms with Crippen LogP contribution in [0.2, 0.25) is 0 Å². The van der Waals surface area contributed by atoms with Crippen LogP contribution in [0.3, 0.4) is 0 Å². The Hall–Kier alpha value is -0.870. The quantitative estimate of drug-likeness (QED) is 0.796. The first-order chi connectivity index (χ1) is 6.24. The minimum absolute atomic E-state index is 0.0185. The molecule has 13 heavy (non-hydrogen) atoms. The van der Waals surface area contributed by atoms with Gasteiger partial charge in [-0.25, -0.2) is 0 Å². The molecule has 0 unspecified atom stereocenters. The molecule has 1 heterocycles. The molecule has 0 saturated heterocycles. The molecule has 0 bridgehead atoms. The van der Waals surface area contributed by atoms with Crippen LogP contribution in [0.25, 0.3) is 10.1 Å². The maximum Gasteiger partial charge on any atom is 0.155 e. The van der Waals surface area contributed by atoms with E-state index in [9.17, 15) is 9.90 Å². The first-order valence-electron chi connectivity index (χ1n) is 3.58. The number of fused-ring (bicyclic) bond motifs is 1. The van der Waals surface area contributed by atoms with Gasteiger partial charge in [0.2, 0.25) is 0 Å². The maximum atomic E-state index is 10.7. The first-order valence-corrected chi connectivity index (χ1v) is 5.25. The minimum Gasteiger partial charge on any atom is -0.506 e. The Morgan fingerprint density at radius 2 is 2.31 bits per heavy atom. The Balaban J connectivity index is 2.95. The zero-order valence-corrected chi connectivity index (χ0v) is 8.85. The summed E-state index contributed by atoms with van der Waals surface area (Å²) in [6.07, 6.45) is 0.679. The molecule has 0 aliphatic heterocycles. The standard InChI is InChI=1S/C9H5BrO2S/c10-7-3-5-1-2-13-9(5)6(4-11)8(7)12/h1-4,12H. The lowest BCUT2D eigenvalue weighted by molar-refractivity contribution is 0.112. The summed E-state index contributed by atoms with van der Waals surface area (Å²) in [5.74, 6) is 0.0185. The molecule has 2 rings (SSSR count). The second-order valence-electron chi connectivity index (χ2n) is 2.58. The van der Waals surface area contributed by atoms with E-state index in [1.54, 1.807) is 6.07 Å². The molecule has 0 amide bonds. The molecule has 0 radical (unpaired) electrons. The van der Waals surface area contributed by atoms with Crippen LogP contribution in [0.15, 0.2) is 22.0 Å². The molecule has 0 atom stereocenters. The Morgan fingerprint density at radius 1 is 1.54 bits per heavy atom. The van der Waals surface area contributed by atoms with E-state index in [0.29, 0.717) is 16.3 Å². The van der Waals surface area contributed by atoms with Crippen molar-refractivity contribution in [2.75, 3.05) is 0 Å². The molecule has 0 aliphatic rings. The number of phenols is 1. The van der Waals surface area contributed by atoms with Gasteiger partial charge in [0.15, 0.2) is 6.29 Å². The molecule has 4 heteroatoms. The van der Waals surface area contributed by atoms with Crippen LogP contribution >= 0.6 is 27.3 Å². The molecule has 0 fully saturated rings. The van der Waals surface area contributed by atoms with Crippen molar-refractivity contribution in [3.8, 4) is 5.75 Å². The lowest BCUT2D eigenvalue weighted by atomic mass is 10.1. The number of rotatable bonds is 1. The summed E-state index contributed by atoms with van der Waals surface area (Å²) in [6.45, 7) is 0. The third-order valence-corrected chi connectivity index (χ3v) is 3.39. The lowest BCUT2D eigenvalue weighted by Gasteiger charge is -2.01. The van der Waals surface area contributed by atoms with Crippen molar-refractivity contribution in [3.63, 3.8) is 0 Å². The van der Waals surface area contributed by atoms with E-state index in [0.717, 1.165) is 10.1 Å². The van der Waals surface area contributed by atoms with Gasteiger partial charge < -0.3 is 5.11 Å². The van der Waals surface area contributed by atoms with Crippen LogP contribution in [0, 0.1) is 0 Å². The molecule has 1 aromatic heterocycles. The largest absolute Gasteiger partial charge is 0.506 e. The van der Waals surface area contributed by atoms with Gasteiger partial charge in [0.25, 0.3) is 0 Å². The van der Waals surface area contributed by atoms with E-state index in [-0.39, 0.29) is 5.75 Å². The van der Waals surface area contributed by atoms with Crippen molar-refractivity contribution in [2.24, 2.45) is 0 Å². The zero-order chi connectivity index (χ0) is 9.42. The summed E-state index contributed by atoms with van der Waals surface area (Å²) in [7, 11) is 0. The molecule has 0 aliphatic carbocycles.